The van der Waals surface area contributed by atoms with Gasteiger partial charge in [-0.15, -0.1) is 0 Å². The topological polar surface area (TPSA) is 58.2 Å². The van der Waals surface area contributed by atoms with Crippen molar-refractivity contribution in [3.8, 4) is 11.3 Å². The van der Waals surface area contributed by atoms with E-state index in [4.69, 9.17) is 16.3 Å². The standard InChI is InChI=1S/C18H22ClN3O2/c1-2-24-18(23)14-4-3-9-22(11-14)12-15-10-20-21-17(15)13-5-7-16(19)8-6-13/h5-8,10,14H,2-4,9,11-12H2,1H3,(H,20,21). The molecule has 1 aliphatic rings. The van der Waals surface area contributed by atoms with Crippen molar-refractivity contribution in [2.45, 2.75) is 26.3 Å². The molecule has 1 saturated heterocycles. The molecule has 24 heavy (non-hydrogen) atoms. The van der Waals surface area contributed by atoms with Gasteiger partial charge in [0.25, 0.3) is 0 Å². The number of rotatable bonds is 5. The number of esters is 1. The van der Waals surface area contributed by atoms with Crippen LogP contribution in [-0.2, 0) is 16.1 Å². The largest absolute Gasteiger partial charge is 0.466 e. The Morgan fingerprint density at radius 1 is 1.42 bits per heavy atom. The lowest BCUT2D eigenvalue weighted by atomic mass is 9.97. The van der Waals surface area contributed by atoms with E-state index in [1.54, 1.807) is 0 Å². The summed E-state index contributed by atoms with van der Waals surface area (Å²) in [5.74, 6) is -0.100. The molecule has 0 saturated carbocycles. The third-order valence-corrected chi connectivity index (χ3v) is 4.62. The first-order valence-corrected chi connectivity index (χ1v) is 8.72. The minimum atomic E-state index is -0.0766. The summed E-state index contributed by atoms with van der Waals surface area (Å²) in [7, 11) is 0. The molecule has 128 valence electrons. The first kappa shape index (κ1) is 17.0. The molecule has 6 heteroatoms. The molecule has 2 heterocycles. The minimum absolute atomic E-state index is 0.0235. The number of piperidine rings is 1. The highest BCUT2D eigenvalue weighted by molar-refractivity contribution is 6.30. The van der Waals surface area contributed by atoms with Crippen LogP contribution in [0.25, 0.3) is 11.3 Å². The molecule has 1 aromatic carbocycles. The molecule has 1 atom stereocenters. The number of aromatic amines is 1. The first-order valence-electron chi connectivity index (χ1n) is 8.34. The van der Waals surface area contributed by atoms with Gasteiger partial charge in [0.2, 0.25) is 0 Å². The fourth-order valence-electron chi connectivity index (χ4n) is 3.19. The van der Waals surface area contributed by atoms with Gasteiger partial charge in [-0.25, -0.2) is 0 Å². The van der Waals surface area contributed by atoms with Crippen LogP contribution in [0.3, 0.4) is 0 Å². The van der Waals surface area contributed by atoms with E-state index in [1.807, 2.05) is 37.4 Å². The van der Waals surface area contributed by atoms with E-state index in [0.29, 0.717) is 11.6 Å². The number of nitrogens with one attached hydrogen (secondary N) is 1. The van der Waals surface area contributed by atoms with Crippen LogP contribution in [0.4, 0.5) is 0 Å². The molecular formula is C18H22ClN3O2. The zero-order valence-electron chi connectivity index (χ0n) is 13.8. The van der Waals surface area contributed by atoms with Gasteiger partial charge in [0, 0.05) is 23.7 Å². The monoisotopic (exact) mass is 347 g/mol. The molecule has 3 rings (SSSR count). The van der Waals surface area contributed by atoms with Gasteiger partial charge in [0.15, 0.2) is 0 Å². The van der Waals surface area contributed by atoms with Crippen molar-refractivity contribution in [2.75, 3.05) is 19.7 Å². The Hall–Kier alpha value is -1.85. The van der Waals surface area contributed by atoms with Crippen molar-refractivity contribution in [1.29, 1.82) is 0 Å². The second kappa shape index (κ2) is 7.81. The van der Waals surface area contributed by atoms with Crippen LogP contribution in [-0.4, -0.2) is 40.8 Å². The van der Waals surface area contributed by atoms with Gasteiger partial charge in [-0.1, -0.05) is 23.7 Å². The molecule has 0 aliphatic carbocycles. The molecule has 1 aliphatic heterocycles. The summed E-state index contributed by atoms with van der Waals surface area (Å²) >= 11 is 5.96. The van der Waals surface area contributed by atoms with Crippen LogP contribution < -0.4 is 0 Å². The molecule has 0 radical (unpaired) electrons. The van der Waals surface area contributed by atoms with E-state index in [0.717, 1.165) is 49.3 Å². The maximum absolute atomic E-state index is 12.0. The first-order chi connectivity index (χ1) is 11.7. The maximum atomic E-state index is 12.0. The van der Waals surface area contributed by atoms with Crippen molar-refractivity contribution in [3.05, 3.63) is 41.0 Å². The molecule has 1 unspecified atom stereocenters. The molecule has 0 spiro atoms. The quantitative estimate of drug-likeness (QED) is 0.841. The number of hydrogen-bond acceptors (Lipinski definition) is 4. The highest BCUT2D eigenvalue weighted by atomic mass is 35.5. The summed E-state index contributed by atoms with van der Waals surface area (Å²) in [5.41, 5.74) is 3.19. The number of carbonyl (C=O) groups excluding carboxylic acids is 1. The number of aromatic nitrogens is 2. The molecule has 0 amide bonds. The van der Waals surface area contributed by atoms with Gasteiger partial charge < -0.3 is 4.74 Å². The fraction of sp³-hybridized carbons (Fsp3) is 0.444. The molecule has 0 bridgehead atoms. The summed E-state index contributed by atoms with van der Waals surface area (Å²) in [6.45, 7) is 4.79. The van der Waals surface area contributed by atoms with Gasteiger partial charge in [-0.05, 0) is 44.0 Å². The van der Waals surface area contributed by atoms with E-state index in [-0.39, 0.29) is 11.9 Å². The minimum Gasteiger partial charge on any atom is -0.466 e. The van der Waals surface area contributed by atoms with E-state index in [1.165, 1.54) is 0 Å². The van der Waals surface area contributed by atoms with Gasteiger partial charge in [0.1, 0.15) is 0 Å². The number of H-pyrrole nitrogens is 1. The number of likely N-dealkylation sites (tertiary alicyclic amines) is 1. The lowest BCUT2D eigenvalue weighted by Crippen LogP contribution is -2.38. The Balaban J connectivity index is 1.69. The van der Waals surface area contributed by atoms with Crippen molar-refractivity contribution in [3.63, 3.8) is 0 Å². The number of halogens is 1. The summed E-state index contributed by atoms with van der Waals surface area (Å²) < 4.78 is 5.17. The third kappa shape index (κ3) is 3.97. The Morgan fingerprint density at radius 2 is 2.21 bits per heavy atom. The summed E-state index contributed by atoms with van der Waals surface area (Å²) in [6.07, 6.45) is 3.78. The lowest BCUT2D eigenvalue weighted by Gasteiger charge is -2.31. The molecule has 5 nitrogen and oxygen atoms in total. The average molecular weight is 348 g/mol. The third-order valence-electron chi connectivity index (χ3n) is 4.37. The van der Waals surface area contributed by atoms with Crippen LogP contribution in [0, 0.1) is 5.92 Å². The maximum Gasteiger partial charge on any atom is 0.310 e. The molecule has 2 aromatic rings. The van der Waals surface area contributed by atoms with Crippen LogP contribution in [0.1, 0.15) is 25.3 Å². The molecule has 1 fully saturated rings. The Bertz CT molecular complexity index is 684. The van der Waals surface area contributed by atoms with Crippen LogP contribution in [0.5, 0.6) is 0 Å². The van der Waals surface area contributed by atoms with Crippen molar-refractivity contribution >= 4 is 17.6 Å². The second-order valence-electron chi connectivity index (χ2n) is 6.10. The van der Waals surface area contributed by atoms with Gasteiger partial charge in [-0.2, -0.15) is 5.10 Å². The molecule has 1 aromatic heterocycles. The zero-order chi connectivity index (χ0) is 16.9. The number of hydrogen-bond donors (Lipinski definition) is 1. The van der Waals surface area contributed by atoms with Gasteiger partial charge in [-0.3, -0.25) is 14.8 Å². The van der Waals surface area contributed by atoms with Crippen molar-refractivity contribution in [2.24, 2.45) is 5.92 Å². The smallest absolute Gasteiger partial charge is 0.310 e. The number of ether oxygens (including phenoxy) is 1. The van der Waals surface area contributed by atoms with E-state index in [2.05, 4.69) is 15.1 Å². The van der Waals surface area contributed by atoms with Gasteiger partial charge >= 0.3 is 5.97 Å². The predicted molar refractivity (Wildman–Crippen MR) is 93.7 cm³/mol. The Labute approximate surface area is 147 Å². The number of nitrogens with zero attached hydrogens (tertiary/aromatic N) is 2. The molecular weight excluding hydrogens is 326 g/mol. The van der Waals surface area contributed by atoms with Crippen LogP contribution in [0.2, 0.25) is 5.02 Å². The normalized spacial score (nSPS) is 18.5. The average Bonchev–Trinajstić information content (AvgIpc) is 3.04. The summed E-state index contributed by atoms with van der Waals surface area (Å²) in [5, 5.41) is 7.98. The fourth-order valence-corrected chi connectivity index (χ4v) is 3.32. The van der Waals surface area contributed by atoms with Crippen molar-refractivity contribution < 1.29 is 9.53 Å². The highest BCUT2D eigenvalue weighted by Gasteiger charge is 2.27. The van der Waals surface area contributed by atoms with E-state index < -0.39 is 0 Å². The highest BCUT2D eigenvalue weighted by Crippen LogP contribution is 2.26. The van der Waals surface area contributed by atoms with Crippen LogP contribution in [0.15, 0.2) is 30.5 Å². The summed E-state index contributed by atoms with van der Waals surface area (Å²) in [6, 6.07) is 7.71. The van der Waals surface area contributed by atoms with E-state index in [9.17, 15) is 4.79 Å². The SMILES string of the molecule is CCOC(=O)C1CCCN(Cc2cn[nH]c2-c2ccc(Cl)cc2)C1. The van der Waals surface area contributed by atoms with Gasteiger partial charge in [0.05, 0.1) is 24.4 Å². The number of carbonyl (C=O) groups is 1. The van der Waals surface area contributed by atoms with E-state index >= 15 is 0 Å². The Kier molecular flexibility index (Phi) is 5.53. The lowest BCUT2D eigenvalue weighted by molar-refractivity contribution is -0.150. The second-order valence-corrected chi connectivity index (χ2v) is 6.54. The number of benzene rings is 1. The van der Waals surface area contributed by atoms with Crippen LogP contribution >= 0.6 is 11.6 Å². The predicted octanol–water partition coefficient (Wildman–Crippen LogP) is 3.51. The Morgan fingerprint density at radius 3 is 2.96 bits per heavy atom. The summed E-state index contributed by atoms with van der Waals surface area (Å²) in [4.78, 5) is 14.3. The zero-order valence-corrected chi connectivity index (χ0v) is 14.6. The van der Waals surface area contributed by atoms with Crippen molar-refractivity contribution in [1.82, 2.24) is 15.1 Å². The molecule has 1 N–H and O–H groups in total.